The third-order valence-corrected chi connectivity index (χ3v) is 1.76. The minimum Gasteiger partial charge on any atom is -0.204 e. The van der Waals surface area contributed by atoms with Crippen molar-refractivity contribution in [2.75, 3.05) is 0 Å². The zero-order chi connectivity index (χ0) is 12.3. The third kappa shape index (κ3) is 1.87. The van der Waals surface area contributed by atoms with Crippen LogP contribution >= 0.6 is 0 Å². The van der Waals surface area contributed by atoms with Crippen LogP contribution in [0.2, 0.25) is 0 Å². The Labute approximate surface area is 90.3 Å². The molecule has 0 atom stereocenters. The first-order valence-corrected chi connectivity index (χ1v) is 4.26. The minimum absolute atomic E-state index is 0.806. The van der Waals surface area contributed by atoms with Crippen LogP contribution in [0.3, 0.4) is 0 Å². The molecule has 82 valence electrons. The Balaban J connectivity index is 3.74. The first-order valence-electron chi connectivity index (χ1n) is 4.26. The summed E-state index contributed by atoms with van der Waals surface area (Å²) < 4.78 is 52.8. The van der Waals surface area contributed by atoms with Gasteiger partial charge in [0, 0.05) is 0 Å². The Bertz CT molecular complexity index is 503. The Kier molecular flexibility index (Phi) is 3.58. The van der Waals surface area contributed by atoms with E-state index in [0.717, 1.165) is 0 Å². The van der Waals surface area contributed by atoms with E-state index in [1.807, 2.05) is 11.8 Å². The predicted molar refractivity (Wildman–Crippen MR) is 51.4 cm³/mol. The molecule has 0 heterocycles. The molecule has 0 saturated carbocycles. The van der Waals surface area contributed by atoms with Crippen LogP contribution in [-0.4, -0.2) is 0 Å². The largest absolute Gasteiger partial charge is 0.204 e. The molecule has 4 heteroatoms. The van der Waals surface area contributed by atoms with Crippen molar-refractivity contribution in [3.63, 3.8) is 0 Å². The SMILES string of the molecule is CC#Cc1c(F)c(F)c(F)c(C#CC)c1F. The van der Waals surface area contributed by atoms with E-state index in [2.05, 4.69) is 11.8 Å². The van der Waals surface area contributed by atoms with E-state index < -0.39 is 34.4 Å². The zero-order valence-corrected chi connectivity index (χ0v) is 8.51. The summed E-state index contributed by atoms with van der Waals surface area (Å²) in [6, 6.07) is 0. The van der Waals surface area contributed by atoms with Crippen molar-refractivity contribution in [2.45, 2.75) is 13.8 Å². The van der Waals surface area contributed by atoms with Gasteiger partial charge in [-0.3, -0.25) is 0 Å². The molecule has 16 heavy (non-hydrogen) atoms. The summed E-state index contributed by atoms with van der Waals surface area (Å²) in [5, 5.41) is 0. The molecule has 0 aliphatic carbocycles. The molecular formula is C12H6F4. The Morgan fingerprint density at radius 1 is 0.625 bits per heavy atom. The highest BCUT2D eigenvalue weighted by Crippen LogP contribution is 2.22. The second-order valence-corrected chi connectivity index (χ2v) is 2.76. The summed E-state index contributed by atoms with van der Waals surface area (Å²) in [7, 11) is 0. The van der Waals surface area contributed by atoms with Crippen LogP contribution in [0.5, 0.6) is 0 Å². The fraction of sp³-hybridized carbons (Fsp3) is 0.167. The van der Waals surface area contributed by atoms with Gasteiger partial charge in [-0.25, -0.2) is 17.6 Å². The van der Waals surface area contributed by atoms with Crippen molar-refractivity contribution >= 4 is 0 Å². The second-order valence-electron chi connectivity index (χ2n) is 2.76. The van der Waals surface area contributed by atoms with E-state index in [1.165, 1.54) is 13.8 Å². The highest BCUT2D eigenvalue weighted by molar-refractivity contribution is 5.47. The van der Waals surface area contributed by atoms with Gasteiger partial charge in [0.25, 0.3) is 0 Å². The van der Waals surface area contributed by atoms with Crippen LogP contribution in [0.25, 0.3) is 0 Å². The van der Waals surface area contributed by atoms with Crippen molar-refractivity contribution in [3.05, 3.63) is 34.4 Å². The van der Waals surface area contributed by atoms with Crippen LogP contribution in [-0.2, 0) is 0 Å². The summed E-state index contributed by atoms with van der Waals surface area (Å²) in [6.45, 7) is 2.65. The van der Waals surface area contributed by atoms with E-state index in [9.17, 15) is 17.6 Å². The lowest BCUT2D eigenvalue weighted by molar-refractivity contribution is 0.430. The normalized spacial score (nSPS) is 8.88. The summed E-state index contributed by atoms with van der Waals surface area (Å²) in [5.41, 5.74) is -1.61. The molecule has 0 aliphatic heterocycles. The molecule has 0 spiro atoms. The predicted octanol–water partition coefficient (Wildman–Crippen LogP) is 2.99. The van der Waals surface area contributed by atoms with Gasteiger partial charge in [0.15, 0.2) is 23.3 Å². The van der Waals surface area contributed by atoms with Crippen molar-refractivity contribution in [2.24, 2.45) is 0 Å². The molecular weight excluding hydrogens is 220 g/mol. The van der Waals surface area contributed by atoms with Gasteiger partial charge in [-0.05, 0) is 13.8 Å². The van der Waals surface area contributed by atoms with Gasteiger partial charge in [0.05, 0.1) is 0 Å². The summed E-state index contributed by atoms with van der Waals surface area (Å²) in [6.07, 6.45) is 0. The molecule has 1 rings (SSSR count). The molecule has 0 N–H and O–H groups in total. The zero-order valence-electron chi connectivity index (χ0n) is 8.51. The first kappa shape index (κ1) is 12.1. The van der Waals surface area contributed by atoms with E-state index in [0.29, 0.717) is 0 Å². The highest BCUT2D eigenvalue weighted by atomic mass is 19.2. The number of hydrogen-bond acceptors (Lipinski definition) is 0. The van der Waals surface area contributed by atoms with Crippen molar-refractivity contribution in [1.29, 1.82) is 0 Å². The Morgan fingerprint density at radius 3 is 1.31 bits per heavy atom. The molecule has 0 radical (unpaired) electrons. The highest BCUT2D eigenvalue weighted by Gasteiger charge is 2.23. The molecule has 0 aromatic heterocycles. The number of halogens is 4. The molecule has 0 aliphatic rings. The quantitative estimate of drug-likeness (QED) is 0.276. The van der Waals surface area contributed by atoms with Crippen LogP contribution in [0.4, 0.5) is 17.6 Å². The fourth-order valence-corrected chi connectivity index (χ4v) is 1.10. The topological polar surface area (TPSA) is 0 Å². The second kappa shape index (κ2) is 4.72. The molecule has 0 fully saturated rings. The van der Waals surface area contributed by atoms with Gasteiger partial charge in [-0.15, -0.1) is 11.8 Å². The number of rotatable bonds is 0. The molecule has 0 saturated heterocycles. The van der Waals surface area contributed by atoms with Gasteiger partial charge in [0.1, 0.15) is 11.1 Å². The molecule has 1 aromatic rings. The van der Waals surface area contributed by atoms with Gasteiger partial charge in [-0.1, -0.05) is 11.8 Å². The summed E-state index contributed by atoms with van der Waals surface area (Å²) in [5.74, 6) is 2.19. The lowest BCUT2D eigenvalue weighted by Gasteiger charge is -2.04. The molecule has 0 unspecified atom stereocenters. The van der Waals surface area contributed by atoms with Gasteiger partial charge < -0.3 is 0 Å². The molecule has 0 bridgehead atoms. The van der Waals surface area contributed by atoms with Crippen molar-refractivity contribution < 1.29 is 17.6 Å². The average molecular weight is 226 g/mol. The van der Waals surface area contributed by atoms with E-state index in [1.54, 1.807) is 0 Å². The maximum absolute atomic E-state index is 13.5. The smallest absolute Gasteiger partial charge is 0.197 e. The molecule has 0 amide bonds. The number of hydrogen-bond donors (Lipinski definition) is 0. The molecule has 0 nitrogen and oxygen atoms in total. The summed E-state index contributed by atoms with van der Waals surface area (Å²) in [4.78, 5) is 0. The van der Waals surface area contributed by atoms with E-state index in [-0.39, 0.29) is 0 Å². The van der Waals surface area contributed by atoms with Gasteiger partial charge in [-0.2, -0.15) is 0 Å². The first-order chi connectivity index (χ1) is 7.54. The van der Waals surface area contributed by atoms with E-state index in [4.69, 9.17) is 0 Å². The van der Waals surface area contributed by atoms with Crippen LogP contribution < -0.4 is 0 Å². The maximum atomic E-state index is 13.5. The Hall–Kier alpha value is -1.94. The molecule has 1 aromatic carbocycles. The maximum Gasteiger partial charge on any atom is 0.197 e. The average Bonchev–Trinajstić information content (AvgIpc) is 2.28. The minimum atomic E-state index is -1.77. The number of benzene rings is 1. The fourth-order valence-electron chi connectivity index (χ4n) is 1.10. The van der Waals surface area contributed by atoms with Crippen LogP contribution in [0, 0.1) is 47.0 Å². The lowest BCUT2D eigenvalue weighted by Crippen LogP contribution is -2.04. The Morgan fingerprint density at radius 2 is 1.00 bits per heavy atom. The lowest BCUT2D eigenvalue weighted by atomic mass is 10.1. The summed E-state index contributed by atoms with van der Waals surface area (Å²) >= 11 is 0. The van der Waals surface area contributed by atoms with Gasteiger partial charge >= 0.3 is 0 Å². The monoisotopic (exact) mass is 226 g/mol. The van der Waals surface area contributed by atoms with Gasteiger partial charge in [0.2, 0.25) is 0 Å². The van der Waals surface area contributed by atoms with Crippen molar-refractivity contribution in [3.8, 4) is 23.7 Å². The van der Waals surface area contributed by atoms with E-state index >= 15 is 0 Å². The third-order valence-electron chi connectivity index (χ3n) is 1.76. The van der Waals surface area contributed by atoms with Crippen LogP contribution in [0.1, 0.15) is 25.0 Å². The standard InChI is InChI=1S/C12H6F4/c1-3-5-7-9(13)8(6-4-2)11(15)12(16)10(7)14/h1-2H3. The van der Waals surface area contributed by atoms with Crippen molar-refractivity contribution in [1.82, 2.24) is 0 Å². The van der Waals surface area contributed by atoms with Crippen LogP contribution in [0.15, 0.2) is 0 Å².